The Balaban J connectivity index is 2.30. The van der Waals surface area contributed by atoms with Gasteiger partial charge in [0.1, 0.15) is 5.69 Å². The number of aromatic nitrogens is 3. The fraction of sp³-hybridized carbons (Fsp3) is 0.273. The lowest BCUT2D eigenvalue weighted by molar-refractivity contribution is 0.455. The van der Waals surface area contributed by atoms with Crippen molar-refractivity contribution in [2.75, 3.05) is 0 Å². The molecule has 0 aliphatic heterocycles. The van der Waals surface area contributed by atoms with Gasteiger partial charge >= 0.3 is 0 Å². The van der Waals surface area contributed by atoms with Gasteiger partial charge < -0.3 is 4.74 Å². The van der Waals surface area contributed by atoms with Crippen molar-refractivity contribution in [1.29, 1.82) is 0 Å². The van der Waals surface area contributed by atoms with E-state index in [4.69, 9.17) is 16.3 Å². The van der Waals surface area contributed by atoms with Gasteiger partial charge in [-0.25, -0.2) is 4.98 Å². The van der Waals surface area contributed by atoms with E-state index in [0.29, 0.717) is 10.9 Å². The van der Waals surface area contributed by atoms with Crippen LogP contribution in [-0.2, 0) is 7.05 Å². The van der Waals surface area contributed by atoms with Gasteiger partial charge in [-0.15, -0.1) is 0 Å². The molecule has 0 saturated carbocycles. The Morgan fingerprint density at radius 2 is 2.06 bits per heavy atom. The minimum absolute atomic E-state index is 0.517. The molecule has 2 aromatic rings. The summed E-state index contributed by atoms with van der Waals surface area (Å²) in [6.07, 6.45) is 1.55. The van der Waals surface area contributed by atoms with Gasteiger partial charge in [0.25, 0.3) is 0 Å². The van der Waals surface area contributed by atoms with Crippen LogP contribution in [0.15, 0.2) is 18.3 Å². The van der Waals surface area contributed by atoms with E-state index in [2.05, 4.69) is 10.1 Å². The number of ether oxygens (including phenoxy) is 1. The van der Waals surface area contributed by atoms with Crippen LogP contribution in [0.5, 0.6) is 11.6 Å². The van der Waals surface area contributed by atoms with Crippen molar-refractivity contribution >= 4 is 11.6 Å². The summed E-state index contributed by atoms with van der Waals surface area (Å²) in [5.74, 6) is 1.26. The molecular formula is C11H12ClN3O. The first-order valence-electron chi connectivity index (χ1n) is 4.87. The molecule has 0 atom stereocenters. The number of rotatable bonds is 2. The SMILES string of the molecule is Cc1nn(C)c(C)c1Oc1ccc(Cl)cn1. The van der Waals surface area contributed by atoms with Crippen molar-refractivity contribution in [2.24, 2.45) is 7.05 Å². The fourth-order valence-electron chi connectivity index (χ4n) is 1.43. The number of nitrogens with zero attached hydrogens (tertiary/aromatic N) is 3. The molecule has 0 spiro atoms. The van der Waals surface area contributed by atoms with Crippen LogP contribution in [0.4, 0.5) is 0 Å². The van der Waals surface area contributed by atoms with E-state index in [1.165, 1.54) is 0 Å². The zero-order chi connectivity index (χ0) is 11.7. The van der Waals surface area contributed by atoms with Crippen LogP contribution in [0, 0.1) is 13.8 Å². The Hall–Kier alpha value is -1.55. The third-order valence-electron chi connectivity index (χ3n) is 2.35. The molecular weight excluding hydrogens is 226 g/mol. The first kappa shape index (κ1) is 11.0. The molecule has 4 nitrogen and oxygen atoms in total. The minimum Gasteiger partial charge on any atom is -0.435 e. The quantitative estimate of drug-likeness (QED) is 0.806. The van der Waals surface area contributed by atoms with Crippen LogP contribution in [0.25, 0.3) is 0 Å². The van der Waals surface area contributed by atoms with Crippen LogP contribution in [0.3, 0.4) is 0 Å². The highest BCUT2D eigenvalue weighted by atomic mass is 35.5. The van der Waals surface area contributed by atoms with Gasteiger partial charge in [-0.3, -0.25) is 4.68 Å². The minimum atomic E-state index is 0.517. The lowest BCUT2D eigenvalue weighted by Crippen LogP contribution is -1.93. The van der Waals surface area contributed by atoms with E-state index in [1.807, 2.05) is 20.9 Å². The Bertz CT molecular complexity index is 505. The number of pyridine rings is 1. The Kier molecular flexibility index (Phi) is 2.83. The molecule has 0 fully saturated rings. The highest BCUT2D eigenvalue weighted by Crippen LogP contribution is 2.26. The van der Waals surface area contributed by atoms with Crippen molar-refractivity contribution in [3.05, 3.63) is 34.7 Å². The molecule has 0 unspecified atom stereocenters. The number of hydrogen-bond acceptors (Lipinski definition) is 3. The monoisotopic (exact) mass is 237 g/mol. The van der Waals surface area contributed by atoms with Crippen LogP contribution in [-0.4, -0.2) is 14.8 Å². The zero-order valence-corrected chi connectivity index (χ0v) is 10.1. The summed E-state index contributed by atoms with van der Waals surface area (Å²) >= 11 is 5.75. The smallest absolute Gasteiger partial charge is 0.219 e. The van der Waals surface area contributed by atoms with Crippen molar-refractivity contribution in [3.8, 4) is 11.6 Å². The molecule has 0 amide bonds. The van der Waals surface area contributed by atoms with Crippen molar-refractivity contribution in [3.63, 3.8) is 0 Å². The Morgan fingerprint density at radius 3 is 2.56 bits per heavy atom. The van der Waals surface area contributed by atoms with Crippen LogP contribution in [0.2, 0.25) is 5.02 Å². The molecule has 2 rings (SSSR count). The largest absolute Gasteiger partial charge is 0.435 e. The Labute approximate surface area is 98.8 Å². The molecule has 2 heterocycles. The van der Waals surface area contributed by atoms with Crippen LogP contribution >= 0.6 is 11.6 Å². The maximum atomic E-state index is 5.75. The van der Waals surface area contributed by atoms with E-state index in [0.717, 1.165) is 17.1 Å². The second kappa shape index (κ2) is 4.14. The summed E-state index contributed by atoms with van der Waals surface area (Å²) in [6.45, 7) is 3.85. The van der Waals surface area contributed by atoms with E-state index in [9.17, 15) is 0 Å². The zero-order valence-electron chi connectivity index (χ0n) is 9.36. The number of aryl methyl sites for hydroxylation is 2. The van der Waals surface area contributed by atoms with E-state index in [1.54, 1.807) is 23.0 Å². The molecule has 5 heteroatoms. The summed E-state index contributed by atoms with van der Waals surface area (Å²) in [7, 11) is 1.88. The number of hydrogen-bond donors (Lipinski definition) is 0. The van der Waals surface area contributed by atoms with Crippen molar-refractivity contribution < 1.29 is 4.74 Å². The number of halogens is 1. The summed E-state index contributed by atoms with van der Waals surface area (Å²) < 4.78 is 7.44. The van der Waals surface area contributed by atoms with Gasteiger partial charge in [-0.1, -0.05) is 11.6 Å². The van der Waals surface area contributed by atoms with E-state index >= 15 is 0 Å². The van der Waals surface area contributed by atoms with Gasteiger partial charge in [0.2, 0.25) is 5.88 Å². The molecule has 0 radical (unpaired) electrons. The third-order valence-corrected chi connectivity index (χ3v) is 2.57. The van der Waals surface area contributed by atoms with Crippen molar-refractivity contribution in [2.45, 2.75) is 13.8 Å². The molecule has 0 saturated heterocycles. The summed E-state index contributed by atoms with van der Waals surface area (Å²) in [5.41, 5.74) is 1.81. The summed E-state index contributed by atoms with van der Waals surface area (Å²) in [5, 5.41) is 4.85. The first-order chi connectivity index (χ1) is 7.58. The first-order valence-corrected chi connectivity index (χ1v) is 5.25. The van der Waals surface area contributed by atoms with Crippen LogP contribution < -0.4 is 4.74 Å². The normalized spacial score (nSPS) is 10.5. The lowest BCUT2D eigenvalue weighted by Gasteiger charge is -2.04. The van der Waals surface area contributed by atoms with Gasteiger partial charge in [-0.05, 0) is 19.9 Å². The van der Waals surface area contributed by atoms with Gasteiger partial charge in [0, 0.05) is 19.3 Å². The average Bonchev–Trinajstić information content (AvgIpc) is 2.48. The van der Waals surface area contributed by atoms with Gasteiger partial charge in [0.05, 0.1) is 10.7 Å². The molecule has 0 aliphatic rings. The van der Waals surface area contributed by atoms with Crippen LogP contribution in [0.1, 0.15) is 11.4 Å². The molecule has 0 aromatic carbocycles. The maximum absolute atomic E-state index is 5.75. The average molecular weight is 238 g/mol. The van der Waals surface area contributed by atoms with Gasteiger partial charge in [0.15, 0.2) is 5.75 Å². The topological polar surface area (TPSA) is 39.9 Å². The van der Waals surface area contributed by atoms with Crippen molar-refractivity contribution in [1.82, 2.24) is 14.8 Å². The molecule has 0 aliphatic carbocycles. The van der Waals surface area contributed by atoms with E-state index < -0.39 is 0 Å². The summed E-state index contributed by atoms with van der Waals surface area (Å²) in [4.78, 5) is 4.07. The second-order valence-electron chi connectivity index (χ2n) is 3.54. The molecule has 0 bridgehead atoms. The third kappa shape index (κ3) is 2.02. The maximum Gasteiger partial charge on any atom is 0.219 e. The standard InChI is InChI=1S/C11H12ClN3O/c1-7-11(8(2)15(3)14-7)16-10-5-4-9(12)6-13-10/h4-6H,1-3H3. The summed E-state index contributed by atoms with van der Waals surface area (Å²) in [6, 6.07) is 3.47. The highest BCUT2D eigenvalue weighted by Gasteiger charge is 2.11. The predicted molar refractivity (Wildman–Crippen MR) is 62.0 cm³/mol. The lowest BCUT2D eigenvalue weighted by atomic mass is 10.3. The molecule has 16 heavy (non-hydrogen) atoms. The molecule has 84 valence electrons. The predicted octanol–water partition coefficient (Wildman–Crippen LogP) is 2.88. The fourth-order valence-corrected chi connectivity index (χ4v) is 1.54. The molecule has 2 aromatic heterocycles. The molecule has 0 N–H and O–H groups in total. The van der Waals surface area contributed by atoms with E-state index in [-0.39, 0.29) is 0 Å². The Morgan fingerprint density at radius 1 is 1.31 bits per heavy atom. The highest BCUT2D eigenvalue weighted by molar-refractivity contribution is 6.30. The van der Waals surface area contributed by atoms with Gasteiger partial charge in [-0.2, -0.15) is 5.10 Å². The second-order valence-corrected chi connectivity index (χ2v) is 3.98.